The Bertz CT molecular complexity index is 266. The maximum atomic E-state index is 11.5. The van der Waals surface area contributed by atoms with Gasteiger partial charge in [-0.2, -0.15) is 0 Å². The lowest BCUT2D eigenvalue weighted by Gasteiger charge is -2.21. The van der Waals surface area contributed by atoms with Crippen LogP contribution in [-0.2, 0) is 9.59 Å². The molecular weight excluding hydrogens is 166 g/mol. The Hall–Kier alpha value is -1.38. The molecule has 0 aromatic rings. The lowest BCUT2D eigenvalue weighted by atomic mass is 9.88. The molecule has 1 rings (SSSR count). The van der Waals surface area contributed by atoms with Gasteiger partial charge in [0.2, 0.25) is 5.91 Å². The third kappa shape index (κ3) is 2.05. The predicted molar refractivity (Wildman–Crippen MR) is 50.0 cm³/mol. The van der Waals surface area contributed by atoms with E-state index in [1.807, 2.05) is 0 Å². The van der Waals surface area contributed by atoms with Crippen LogP contribution in [0.1, 0.15) is 0 Å². The Morgan fingerprint density at radius 3 is 2.46 bits per heavy atom. The van der Waals surface area contributed by atoms with Crippen LogP contribution in [0.25, 0.3) is 0 Å². The minimum absolute atomic E-state index is 0.0299. The van der Waals surface area contributed by atoms with Crippen molar-refractivity contribution in [2.75, 3.05) is 14.1 Å². The Labute approximate surface area is 77.7 Å². The van der Waals surface area contributed by atoms with E-state index in [0.29, 0.717) is 0 Å². The number of hydrogen-bond donors (Lipinski definition) is 0. The predicted octanol–water partition coefficient (Wildman–Crippen LogP) is 0.632. The minimum Gasteiger partial charge on any atom is -0.348 e. The molecule has 3 heteroatoms. The minimum atomic E-state index is -0.322. The second-order valence-corrected chi connectivity index (χ2v) is 3.24. The molecule has 2 unspecified atom stereocenters. The zero-order valence-electron chi connectivity index (χ0n) is 7.81. The van der Waals surface area contributed by atoms with Crippen LogP contribution in [0.15, 0.2) is 24.3 Å². The van der Waals surface area contributed by atoms with Crippen LogP contribution in [0.3, 0.4) is 0 Å². The van der Waals surface area contributed by atoms with Gasteiger partial charge in [0.15, 0.2) is 0 Å². The highest BCUT2D eigenvalue weighted by atomic mass is 16.2. The topological polar surface area (TPSA) is 37.4 Å². The Kier molecular flexibility index (Phi) is 3.01. The third-order valence-corrected chi connectivity index (χ3v) is 2.06. The molecule has 13 heavy (non-hydrogen) atoms. The van der Waals surface area contributed by atoms with Gasteiger partial charge in [-0.15, -0.1) is 0 Å². The summed E-state index contributed by atoms with van der Waals surface area (Å²) in [6.07, 6.45) is 7.91. The van der Waals surface area contributed by atoms with E-state index in [0.717, 1.165) is 6.29 Å². The molecule has 0 radical (unpaired) electrons. The van der Waals surface area contributed by atoms with Crippen LogP contribution in [0, 0.1) is 11.8 Å². The summed E-state index contributed by atoms with van der Waals surface area (Å²) in [6, 6.07) is 0. The maximum absolute atomic E-state index is 11.5. The van der Waals surface area contributed by atoms with E-state index >= 15 is 0 Å². The number of hydrogen-bond acceptors (Lipinski definition) is 2. The lowest BCUT2D eigenvalue weighted by Crippen LogP contribution is -2.33. The van der Waals surface area contributed by atoms with E-state index in [-0.39, 0.29) is 17.7 Å². The number of aldehydes is 1. The largest absolute Gasteiger partial charge is 0.348 e. The molecule has 0 aliphatic heterocycles. The van der Waals surface area contributed by atoms with Crippen molar-refractivity contribution in [3.8, 4) is 0 Å². The fourth-order valence-electron chi connectivity index (χ4n) is 1.30. The average Bonchev–Trinajstić information content (AvgIpc) is 2.16. The van der Waals surface area contributed by atoms with Crippen molar-refractivity contribution < 1.29 is 9.59 Å². The fourth-order valence-corrected chi connectivity index (χ4v) is 1.30. The normalized spacial score (nSPS) is 25.7. The van der Waals surface area contributed by atoms with Crippen molar-refractivity contribution in [1.82, 2.24) is 4.90 Å². The summed E-state index contributed by atoms with van der Waals surface area (Å²) in [5.41, 5.74) is 0. The van der Waals surface area contributed by atoms with Crippen LogP contribution >= 0.6 is 0 Å². The van der Waals surface area contributed by atoms with Gasteiger partial charge in [-0.1, -0.05) is 24.3 Å². The van der Waals surface area contributed by atoms with Gasteiger partial charge in [0.05, 0.1) is 5.92 Å². The summed E-state index contributed by atoms with van der Waals surface area (Å²) in [6.45, 7) is 0. The van der Waals surface area contributed by atoms with Crippen molar-refractivity contribution in [1.29, 1.82) is 0 Å². The standard InChI is InChI=1S/C10H13NO2/c1-11(2)10(13)9-6-4-3-5-8(9)7-12/h3-9H,1-2H3. The molecule has 1 amide bonds. The third-order valence-electron chi connectivity index (χ3n) is 2.06. The molecule has 0 aromatic heterocycles. The lowest BCUT2D eigenvalue weighted by molar-refractivity contribution is -0.134. The molecule has 1 aliphatic rings. The van der Waals surface area contributed by atoms with Crippen molar-refractivity contribution in [3.63, 3.8) is 0 Å². The molecule has 0 saturated carbocycles. The fraction of sp³-hybridized carbons (Fsp3) is 0.400. The molecule has 2 atom stereocenters. The number of carbonyl (C=O) groups excluding carboxylic acids is 2. The summed E-state index contributed by atoms with van der Waals surface area (Å²) in [4.78, 5) is 23.7. The second kappa shape index (κ2) is 4.03. The molecule has 70 valence electrons. The van der Waals surface area contributed by atoms with E-state index in [1.165, 1.54) is 4.90 Å². The highest BCUT2D eigenvalue weighted by Gasteiger charge is 2.26. The van der Waals surface area contributed by atoms with Crippen molar-refractivity contribution in [2.45, 2.75) is 0 Å². The van der Waals surface area contributed by atoms with Crippen LogP contribution in [0.4, 0.5) is 0 Å². The molecule has 0 saturated heterocycles. The maximum Gasteiger partial charge on any atom is 0.230 e. The number of carbonyl (C=O) groups is 2. The van der Waals surface area contributed by atoms with Crippen LogP contribution in [-0.4, -0.2) is 31.2 Å². The van der Waals surface area contributed by atoms with Crippen molar-refractivity contribution in [2.24, 2.45) is 11.8 Å². The van der Waals surface area contributed by atoms with Gasteiger partial charge >= 0.3 is 0 Å². The Morgan fingerprint density at radius 2 is 1.92 bits per heavy atom. The van der Waals surface area contributed by atoms with Crippen LogP contribution < -0.4 is 0 Å². The number of nitrogens with zero attached hydrogens (tertiary/aromatic N) is 1. The summed E-state index contributed by atoms with van der Waals surface area (Å²) < 4.78 is 0. The summed E-state index contributed by atoms with van der Waals surface area (Å²) in [7, 11) is 3.38. The van der Waals surface area contributed by atoms with Gasteiger partial charge in [-0.05, 0) is 0 Å². The first-order valence-electron chi connectivity index (χ1n) is 4.18. The molecule has 3 nitrogen and oxygen atoms in total. The summed E-state index contributed by atoms with van der Waals surface area (Å²) in [5.74, 6) is -0.657. The molecule has 0 fully saturated rings. The van der Waals surface area contributed by atoms with Gasteiger partial charge in [0.25, 0.3) is 0 Å². The quantitative estimate of drug-likeness (QED) is 0.583. The second-order valence-electron chi connectivity index (χ2n) is 3.24. The molecule has 0 N–H and O–H groups in total. The van der Waals surface area contributed by atoms with Gasteiger partial charge in [0.1, 0.15) is 6.29 Å². The molecule has 0 aromatic carbocycles. The Balaban J connectivity index is 2.78. The Morgan fingerprint density at radius 1 is 1.31 bits per heavy atom. The van der Waals surface area contributed by atoms with Crippen LogP contribution in [0.5, 0.6) is 0 Å². The van der Waals surface area contributed by atoms with E-state index in [1.54, 1.807) is 38.4 Å². The molecule has 0 spiro atoms. The van der Waals surface area contributed by atoms with Gasteiger partial charge in [0, 0.05) is 20.0 Å². The average molecular weight is 179 g/mol. The molecule has 1 aliphatic carbocycles. The van der Waals surface area contributed by atoms with E-state index in [2.05, 4.69) is 0 Å². The van der Waals surface area contributed by atoms with Crippen molar-refractivity contribution in [3.05, 3.63) is 24.3 Å². The highest BCUT2D eigenvalue weighted by Crippen LogP contribution is 2.19. The number of rotatable bonds is 2. The number of amides is 1. The first-order chi connectivity index (χ1) is 6.16. The molecule has 0 bridgehead atoms. The summed E-state index contributed by atoms with van der Waals surface area (Å²) in [5, 5.41) is 0. The zero-order valence-corrected chi connectivity index (χ0v) is 7.81. The van der Waals surface area contributed by atoms with E-state index in [9.17, 15) is 9.59 Å². The van der Waals surface area contributed by atoms with Gasteiger partial charge < -0.3 is 9.69 Å². The van der Waals surface area contributed by atoms with Gasteiger partial charge in [-0.25, -0.2) is 0 Å². The van der Waals surface area contributed by atoms with E-state index in [4.69, 9.17) is 0 Å². The monoisotopic (exact) mass is 179 g/mol. The SMILES string of the molecule is CN(C)C(=O)C1C=CC=CC1C=O. The van der Waals surface area contributed by atoms with Gasteiger partial charge in [-0.3, -0.25) is 4.79 Å². The van der Waals surface area contributed by atoms with E-state index < -0.39 is 0 Å². The first-order valence-corrected chi connectivity index (χ1v) is 4.18. The first kappa shape index (κ1) is 9.71. The highest BCUT2D eigenvalue weighted by molar-refractivity contribution is 5.84. The molecule has 0 heterocycles. The van der Waals surface area contributed by atoms with Crippen molar-refractivity contribution >= 4 is 12.2 Å². The molecular formula is C10H13NO2. The number of allylic oxidation sites excluding steroid dienone is 3. The zero-order chi connectivity index (χ0) is 9.84. The van der Waals surface area contributed by atoms with Crippen LogP contribution in [0.2, 0.25) is 0 Å². The smallest absolute Gasteiger partial charge is 0.230 e. The summed E-state index contributed by atoms with van der Waals surface area (Å²) >= 11 is 0.